The van der Waals surface area contributed by atoms with Gasteiger partial charge in [0, 0.05) is 42.9 Å². The van der Waals surface area contributed by atoms with E-state index in [4.69, 9.17) is 0 Å². The summed E-state index contributed by atoms with van der Waals surface area (Å²) in [6.07, 6.45) is -10.8. The summed E-state index contributed by atoms with van der Waals surface area (Å²) >= 11 is 0.806. The third-order valence-corrected chi connectivity index (χ3v) is 5.94. The van der Waals surface area contributed by atoms with Crippen molar-refractivity contribution in [2.24, 2.45) is 4.99 Å². The van der Waals surface area contributed by atoms with Crippen LogP contribution in [0, 0.1) is 0 Å². The van der Waals surface area contributed by atoms with Gasteiger partial charge in [-0.25, -0.2) is 13.8 Å². The number of halogens is 8. The van der Waals surface area contributed by atoms with Gasteiger partial charge < -0.3 is 15.7 Å². The average Bonchev–Trinajstić information content (AvgIpc) is 2.71. The molecule has 2 aromatic rings. The lowest BCUT2D eigenvalue weighted by Gasteiger charge is -2.35. The van der Waals surface area contributed by atoms with Crippen LogP contribution < -0.4 is 10.6 Å². The van der Waals surface area contributed by atoms with E-state index in [1.165, 1.54) is 0 Å². The minimum absolute atomic E-state index is 0.157. The van der Waals surface area contributed by atoms with Gasteiger partial charge in [-0.15, -0.1) is 11.8 Å². The Morgan fingerprint density at radius 1 is 1.03 bits per heavy atom. The largest absolute Gasteiger partial charge is 0.438 e. The molecule has 1 aliphatic carbocycles. The summed E-state index contributed by atoms with van der Waals surface area (Å²) in [4.78, 5) is 18.3. The van der Waals surface area contributed by atoms with Gasteiger partial charge in [-0.05, 0) is 12.1 Å². The van der Waals surface area contributed by atoms with Crippen LogP contribution in [0.5, 0.6) is 0 Å². The van der Waals surface area contributed by atoms with E-state index >= 15 is 0 Å². The Bertz CT molecular complexity index is 1130. The number of rotatable bonds is 5. The number of pyridine rings is 1. The molecule has 0 bridgehead atoms. The van der Waals surface area contributed by atoms with Gasteiger partial charge in [0.1, 0.15) is 10.7 Å². The second kappa shape index (κ2) is 8.69. The van der Waals surface area contributed by atoms with E-state index in [1.54, 1.807) is 0 Å². The molecule has 2 aromatic heterocycles. The molecule has 0 spiro atoms. The number of nitrogens with zero attached hydrogens (tertiary/aromatic N) is 5. The van der Waals surface area contributed by atoms with Gasteiger partial charge in [0.2, 0.25) is 11.9 Å². The smallest absolute Gasteiger partial charge is 0.362 e. The number of aromatic nitrogens is 4. The van der Waals surface area contributed by atoms with Gasteiger partial charge in [-0.1, -0.05) is 0 Å². The second-order valence-electron chi connectivity index (χ2n) is 7.79. The highest BCUT2D eigenvalue weighted by molar-refractivity contribution is 8.14. The van der Waals surface area contributed by atoms with Crippen LogP contribution >= 0.6 is 11.8 Å². The topological polar surface area (TPSA) is 108 Å². The highest BCUT2D eigenvalue weighted by Crippen LogP contribution is 2.40. The number of hydrogen-bond acceptors (Lipinski definition) is 9. The van der Waals surface area contributed by atoms with Crippen molar-refractivity contribution in [3.05, 3.63) is 29.8 Å². The Morgan fingerprint density at radius 3 is 2.34 bits per heavy atom. The van der Waals surface area contributed by atoms with Crippen molar-refractivity contribution in [2.45, 2.75) is 49.3 Å². The fraction of sp³-hybridized carbons (Fsp3) is 0.500. The number of aliphatic imine (C=N–C) groups is 1. The standard InChI is InChI=1S/C18H15F8N7OS/c19-15(20)6-9(7-15)29-14-31-11(12-33-16(34,2-4-35-12)18(24,25)26)30-13(32-14)28-8-1-3-27-10(5-8)17(21,22)23/h1,3,5,9,34H,2,4,6-7H2,(H2,27,28,29,30,31,32). The Balaban J connectivity index is 1.69. The van der Waals surface area contributed by atoms with Crippen LogP contribution in [0.3, 0.4) is 0 Å². The van der Waals surface area contributed by atoms with Crippen molar-refractivity contribution < 1.29 is 40.2 Å². The SMILES string of the molecule is OC1(C(F)(F)F)CCSC(c2nc(Nc3ccnc(C(F)(F)F)c3)nc(NC3CC(F)(F)C3)n2)=N1. The molecule has 3 N–H and O–H groups in total. The summed E-state index contributed by atoms with van der Waals surface area (Å²) < 4.78 is 105. The molecule has 1 unspecified atom stereocenters. The Morgan fingerprint density at radius 2 is 1.71 bits per heavy atom. The molecule has 3 heterocycles. The first kappa shape index (κ1) is 25.3. The van der Waals surface area contributed by atoms with Gasteiger partial charge >= 0.3 is 12.4 Å². The van der Waals surface area contributed by atoms with Crippen molar-refractivity contribution >= 4 is 34.4 Å². The maximum Gasteiger partial charge on any atom is 0.438 e. The van der Waals surface area contributed by atoms with E-state index < -0.39 is 71.8 Å². The van der Waals surface area contributed by atoms with E-state index in [1.807, 2.05) is 0 Å². The number of anilines is 3. The number of alkyl halides is 8. The minimum Gasteiger partial charge on any atom is -0.362 e. The van der Waals surface area contributed by atoms with E-state index in [0.717, 1.165) is 24.0 Å². The van der Waals surface area contributed by atoms with E-state index in [0.29, 0.717) is 6.07 Å². The zero-order valence-corrected chi connectivity index (χ0v) is 18.1. The van der Waals surface area contributed by atoms with Crippen LogP contribution in [-0.2, 0) is 6.18 Å². The van der Waals surface area contributed by atoms with Crippen molar-refractivity contribution in [1.29, 1.82) is 0 Å². The van der Waals surface area contributed by atoms with E-state index in [9.17, 15) is 40.2 Å². The molecule has 1 atom stereocenters. The summed E-state index contributed by atoms with van der Waals surface area (Å²) in [6, 6.07) is 1.06. The monoisotopic (exact) mass is 529 g/mol. The van der Waals surface area contributed by atoms with Crippen LogP contribution in [0.2, 0.25) is 0 Å². The average molecular weight is 529 g/mol. The maximum atomic E-state index is 13.3. The van der Waals surface area contributed by atoms with Gasteiger partial charge in [0.25, 0.3) is 11.6 Å². The third kappa shape index (κ3) is 5.71. The summed E-state index contributed by atoms with van der Waals surface area (Å²) in [5.74, 6) is -4.24. The lowest BCUT2D eigenvalue weighted by Crippen LogP contribution is -2.46. The second-order valence-corrected chi connectivity index (χ2v) is 8.88. The van der Waals surface area contributed by atoms with Crippen LogP contribution in [0.15, 0.2) is 23.3 Å². The Kier molecular flexibility index (Phi) is 6.27. The number of thioether (sulfide) groups is 1. The van der Waals surface area contributed by atoms with Gasteiger partial charge in [0.15, 0.2) is 5.82 Å². The van der Waals surface area contributed by atoms with Crippen LogP contribution in [0.25, 0.3) is 0 Å². The first-order valence-corrected chi connectivity index (χ1v) is 10.8. The van der Waals surface area contributed by atoms with Crippen LogP contribution in [0.4, 0.5) is 52.7 Å². The highest BCUT2D eigenvalue weighted by atomic mass is 32.2. The zero-order valence-electron chi connectivity index (χ0n) is 17.3. The molecule has 17 heteroatoms. The molecule has 0 aromatic carbocycles. The summed E-state index contributed by atoms with van der Waals surface area (Å²) in [7, 11) is 0. The molecular weight excluding hydrogens is 514 g/mol. The molecule has 2 aliphatic rings. The lowest BCUT2D eigenvalue weighted by atomic mass is 9.88. The first-order chi connectivity index (χ1) is 16.1. The zero-order chi connectivity index (χ0) is 25.6. The highest BCUT2D eigenvalue weighted by Gasteiger charge is 2.55. The molecule has 8 nitrogen and oxygen atoms in total. The van der Waals surface area contributed by atoms with Crippen LogP contribution in [-0.4, -0.2) is 59.7 Å². The molecule has 4 rings (SSSR count). The van der Waals surface area contributed by atoms with E-state index in [2.05, 4.69) is 35.6 Å². The van der Waals surface area contributed by atoms with Crippen molar-refractivity contribution in [3.63, 3.8) is 0 Å². The molecule has 1 aliphatic heterocycles. The lowest BCUT2D eigenvalue weighted by molar-refractivity contribution is -0.257. The minimum atomic E-state index is -5.09. The van der Waals surface area contributed by atoms with Gasteiger partial charge in [0.05, 0.1) is 0 Å². The van der Waals surface area contributed by atoms with Crippen molar-refractivity contribution in [1.82, 2.24) is 19.9 Å². The molecule has 190 valence electrons. The first-order valence-electron chi connectivity index (χ1n) is 9.86. The van der Waals surface area contributed by atoms with Gasteiger partial charge in [-0.3, -0.25) is 4.98 Å². The van der Waals surface area contributed by atoms with Gasteiger partial charge in [-0.2, -0.15) is 41.3 Å². The molecular formula is C18H15F8N7OS. The fourth-order valence-electron chi connectivity index (χ4n) is 3.20. The summed E-state index contributed by atoms with van der Waals surface area (Å²) in [5.41, 5.74) is -4.77. The fourth-order valence-corrected chi connectivity index (χ4v) is 4.21. The maximum absolute atomic E-state index is 13.3. The number of aliphatic hydroxyl groups is 1. The number of hydrogen-bond donors (Lipinski definition) is 3. The van der Waals surface area contributed by atoms with Crippen LogP contribution in [0.1, 0.15) is 30.8 Å². The van der Waals surface area contributed by atoms with Crippen molar-refractivity contribution in [3.8, 4) is 0 Å². The molecule has 1 fully saturated rings. The molecule has 0 amide bonds. The predicted molar refractivity (Wildman–Crippen MR) is 109 cm³/mol. The molecule has 35 heavy (non-hydrogen) atoms. The quantitative estimate of drug-likeness (QED) is 0.490. The van der Waals surface area contributed by atoms with E-state index in [-0.39, 0.29) is 17.4 Å². The summed E-state index contributed by atoms with van der Waals surface area (Å²) in [6.45, 7) is 0. The normalized spacial score (nSPS) is 22.8. The number of nitrogens with one attached hydrogen (secondary N) is 2. The molecule has 0 radical (unpaired) electrons. The molecule has 1 saturated carbocycles. The Labute approximate surface area is 195 Å². The predicted octanol–water partition coefficient (Wildman–Crippen LogP) is 4.37. The molecule has 0 saturated heterocycles. The third-order valence-electron chi connectivity index (χ3n) is 4.99. The Hall–Kier alpha value is -2.82. The summed E-state index contributed by atoms with van der Waals surface area (Å²) in [5, 5.41) is 14.6. The van der Waals surface area contributed by atoms with Crippen molar-refractivity contribution in [2.75, 3.05) is 16.4 Å².